The van der Waals surface area contributed by atoms with Crippen LogP contribution in [0.2, 0.25) is 0 Å². The number of fused-ring (bicyclic) bond motifs is 3. The fourth-order valence-corrected chi connectivity index (χ4v) is 3.24. The van der Waals surface area contributed by atoms with Crippen molar-refractivity contribution in [2.75, 3.05) is 19.6 Å². The van der Waals surface area contributed by atoms with E-state index in [-0.39, 0.29) is 11.8 Å². The molecule has 116 valence electrons. The molecule has 3 fully saturated rings. The van der Waals surface area contributed by atoms with Crippen molar-refractivity contribution in [3.8, 4) is 11.8 Å². The molecule has 3 aliphatic heterocycles. The van der Waals surface area contributed by atoms with Crippen LogP contribution >= 0.6 is 0 Å². The van der Waals surface area contributed by atoms with Gasteiger partial charge in [0.15, 0.2) is 0 Å². The minimum absolute atomic E-state index is 0.163. The summed E-state index contributed by atoms with van der Waals surface area (Å²) in [5, 5.41) is 10.7. The SMILES string of the molecule is CC#CC(O)(C(=O)OC1CN2CCC1CC2)c1ccccn1. The van der Waals surface area contributed by atoms with Gasteiger partial charge in [0.1, 0.15) is 6.10 Å². The van der Waals surface area contributed by atoms with Crippen molar-refractivity contribution >= 4 is 5.97 Å². The number of carbonyl (C=O) groups is 1. The molecule has 0 amide bonds. The van der Waals surface area contributed by atoms with Gasteiger partial charge >= 0.3 is 5.97 Å². The van der Waals surface area contributed by atoms with Gasteiger partial charge in [0.25, 0.3) is 5.60 Å². The molecule has 3 aliphatic rings. The third-order valence-corrected chi connectivity index (χ3v) is 4.49. The van der Waals surface area contributed by atoms with E-state index < -0.39 is 11.6 Å². The fourth-order valence-electron chi connectivity index (χ4n) is 3.24. The molecule has 2 unspecified atom stereocenters. The molecule has 0 spiro atoms. The number of aromatic nitrogens is 1. The predicted molar refractivity (Wildman–Crippen MR) is 80.6 cm³/mol. The number of piperidine rings is 3. The van der Waals surface area contributed by atoms with Crippen LogP contribution in [0.5, 0.6) is 0 Å². The van der Waals surface area contributed by atoms with Gasteiger partial charge in [-0.25, -0.2) is 4.79 Å². The third kappa shape index (κ3) is 2.72. The van der Waals surface area contributed by atoms with Crippen LogP contribution in [0.25, 0.3) is 0 Å². The van der Waals surface area contributed by atoms with Gasteiger partial charge in [-0.05, 0) is 56.8 Å². The lowest BCUT2D eigenvalue weighted by molar-refractivity contribution is -0.175. The van der Waals surface area contributed by atoms with Crippen LogP contribution in [0.1, 0.15) is 25.5 Å². The highest BCUT2D eigenvalue weighted by Gasteiger charge is 2.44. The van der Waals surface area contributed by atoms with Crippen molar-refractivity contribution in [2.24, 2.45) is 5.92 Å². The zero-order valence-electron chi connectivity index (χ0n) is 12.7. The lowest BCUT2D eigenvalue weighted by Crippen LogP contribution is -2.53. The summed E-state index contributed by atoms with van der Waals surface area (Å²) in [6, 6.07) is 5.02. The summed E-state index contributed by atoms with van der Waals surface area (Å²) in [5.41, 5.74) is -1.79. The molecule has 5 nitrogen and oxygen atoms in total. The van der Waals surface area contributed by atoms with Gasteiger partial charge < -0.3 is 9.84 Å². The van der Waals surface area contributed by atoms with E-state index in [4.69, 9.17) is 4.74 Å². The summed E-state index contributed by atoms with van der Waals surface area (Å²) in [6.45, 7) is 4.46. The number of pyridine rings is 1. The minimum Gasteiger partial charge on any atom is -0.458 e. The average Bonchev–Trinajstić information content (AvgIpc) is 2.57. The minimum atomic E-state index is -2.00. The third-order valence-electron chi connectivity index (χ3n) is 4.49. The molecule has 1 N–H and O–H groups in total. The first kappa shape index (κ1) is 15.0. The second-order valence-corrected chi connectivity index (χ2v) is 5.88. The number of hydrogen-bond acceptors (Lipinski definition) is 5. The number of carbonyl (C=O) groups excluding carboxylic acids is 1. The van der Waals surface area contributed by atoms with Gasteiger partial charge in [-0.3, -0.25) is 9.88 Å². The summed E-state index contributed by atoms with van der Waals surface area (Å²) in [4.78, 5) is 18.9. The van der Waals surface area contributed by atoms with Crippen LogP contribution in [0, 0.1) is 17.8 Å². The van der Waals surface area contributed by atoms with Crippen LogP contribution in [0.15, 0.2) is 24.4 Å². The Bertz CT molecular complexity index is 599. The molecular weight excluding hydrogens is 280 g/mol. The molecule has 4 rings (SSSR count). The van der Waals surface area contributed by atoms with Gasteiger partial charge in [-0.2, -0.15) is 0 Å². The first-order valence-corrected chi connectivity index (χ1v) is 7.64. The van der Waals surface area contributed by atoms with E-state index in [0.29, 0.717) is 5.92 Å². The summed E-state index contributed by atoms with van der Waals surface area (Å²) in [6.07, 6.45) is 3.45. The molecule has 0 saturated carbocycles. The van der Waals surface area contributed by atoms with Crippen LogP contribution in [-0.4, -0.2) is 46.7 Å². The Balaban J connectivity index is 1.80. The molecule has 1 aromatic heterocycles. The Kier molecular flexibility index (Phi) is 4.14. The second-order valence-electron chi connectivity index (χ2n) is 5.88. The lowest BCUT2D eigenvalue weighted by atomic mass is 9.85. The number of esters is 1. The average molecular weight is 300 g/mol. The first-order chi connectivity index (χ1) is 10.6. The largest absolute Gasteiger partial charge is 0.458 e. The quantitative estimate of drug-likeness (QED) is 0.664. The van der Waals surface area contributed by atoms with Gasteiger partial charge in [-0.1, -0.05) is 6.07 Å². The smallest absolute Gasteiger partial charge is 0.357 e. The standard InChI is InChI=1S/C17H20N2O3/c1-2-8-17(21,15-5-3-4-9-18-15)16(20)22-14-12-19-10-6-13(14)7-11-19/h3-5,9,13-14,21H,6-7,10-12H2,1H3. The number of ether oxygens (including phenoxy) is 1. The molecule has 22 heavy (non-hydrogen) atoms. The topological polar surface area (TPSA) is 62.7 Å². The molecular formula is C17H20N2O3. The highest BCUT2D eigenvalue weighted by atomic mass is 16.6. The van der Waals surface area contributed by atoms with E-state index in [1.807, 2.05) is 0 Å². The van der Waals surface area contributed by atoms with Crippen LogP contribution < -0.4 is 0 Å². The van der Waals surface area contributed by atoms with E-state index in [9.17, 15) is 9.90 Å². The summed E-state index contributed by atoms with van der Waals surface area (Å²) >= 11 is 0. The van der Waals surface area contributed by atoms with Crippen LogP contribution in [0.3, 0.4) is 0 Å². The Morgan fingerprint density at radius 1 is 1.45 bits per heavy atom. The lowest BCUT2D eigenvalue weighted by Gasteiger charge is -2.44. The first-order valence-electron chi connectivity index (χ1n) is 7.64. The zero-order chi connectivity index (χ0) is 15.6. The van der Waals surface area contributed by atoms with Crippen molar-refractivity contribution in [2.45, 2.75) is 31.5 Å². The summed E-state index contributed by atoms with van der Waals surface area (Å²) in [5.74, 6) is 4.83. The van der Waals surface area contributed by atoms with Gasteiger partial charge in [0.05, 0.1) is 5.69 Å². The molecule has 0 aromatic carbocycles. The molecule has 1 aromatic rings. The van der Waals surface area contributed by atoms with Gasteiger partial charge in [0, 0.05) is 12.7 Å². The van der Waals surface area contributed by atoms with E-state index in [1.165, 1.54) is 6.20 Å². The Morgan fingerprint density at radius 2 is 2.23 bits per heavy atom. The Hall–Kier alpha value is -1.90. The number of rotatable bonds is 3. The Morgan fingerprint density at radius 3 is 2.77 bits per heavy atom. The highest BCUT2D eigenvalue weighted by molar-refractivity contribution is 5.84. The van der Waals surface area contributed by atoms with Crippen molar-refractivity contribution in [1.82, 2.24) is 9.88 Å². The molecule has 0 radical (unpaired) electrons. The van der Waals surface area contributed by atoms with Crippen molar-refractivity contribution in [3.63, 3.8) is 0 Å². The van der Waals surface area contributed by atoms with Crippen molar-refractivity contribution in [3.05, 3.63) is 30.1 Å². The number of nitrogens with zero attached hydrogens (tertiary/aromatic N) is 2. The second kappa shape index (κ2) is 6.07. The van der Waals surface area contributed by atoms with E-state index >= 15 is 0 Å². The maximum atomic E-state index is 12.6. The monoisotopic (exact) mass is 300 g/mol. The molecule has 0 aliphatic carbocycles. The summed E-state index contributed by atoms with van der Waals surface area (Å²) < 4.78 is 5.62. The maximum absolute atomic E-state index is 12.6. The van der Waals surface area contributed by atoms with Crippen molar-refractivity contribution < 1.29 is 14.6 Å². The number of hydrogen-bond donors (Lipinski definition) is 1. The number of aliphatic hydroxyl groups is 1. The summed E-state index contributed by atoms with van der Waals surface area (Å²) in [7, 11) is 0. The van der Waals surface area contributed by atoms with E-state index in [2.05, 4.69) is 21.7 Å². The highest BCUT2D eigenvalue weighted by Crippen LogP contribution is 2.31. The van der Waals surface area contributed by atoms with E-state index in [1.54, 1.807) is 25.1 Å². The van der Waals surface area contributed by atoms with E-state index in [0.717, 1.165) is 32.5 Å². The van der Waals surface area contributed by atoms with Crippen LogP contribution in [-0.2, 0) is 15.1 Å². The molecule has 5 heteroatoms. The Labute approximate surface area is 130 Å². The molecule has 3 saturated heterocycles. The normalized spacial score (nSPS) is 29.1. The zero-order valence-corrected chi connectivity index (χ0v) is 12.7. The van der Waals surface area contributed by atoms with Crippen LogP contribution in [0.4, 0.5) is 0 Å². The molecule has 2 bridgehead atoms. The van der Waals surface area contributed by atoms with Gasteiger partial charge in [-0.15, -0.1) is 5.92 Å². The molecule has 4 heterocycles. The molecule has 2 atom stereocenters. The predicted octanol–water partition coefficient (Wildman–Crippen LogP) is 0.930. The maximum Gasteiger partial charge on any atom is 0.357 e. The fraction of sp³-hybridized carbons (Fsp3) is 0.529. The van der Waals surface area contributed by atoms with Crippen molar-refractivity contribution in [1.29, 1.82) is 0 Å². The van der Waals surface area contributed by atoms with Gasteiger partial charge in [0.2, 0.25) is 0 Å².